The number of carbonyl (C=O) groups excluding carboxylic acids is 1. The molecule has 1 aliphatic rings. The van der Waals surface area contributed by atoms with Crippen LogP contribution >= 0.6 is 11.8 Å². The van der Waals surface area contributed by atoms with Gasteiger partial charge in [-0.15, -0.1) is 10.2 Å². The summed E-state index contributed by atoms with van der Waals surface area (Å²) in [5.41, 5.74) is 5.12. The molecule has 0 radical (unpaired) electrons. The lowest BCUT2D eigenvalue weighted by Crippen LogP contribution is -2.17. The van der Waals surface area contributed by atoms with E-state index < -0.39 is 0 Å². The van der Waals surface area contributed by atoms with E-state index in [2.05, 4.69) is 52.9 Å². The Morgan fingerprint density at radius 3 is 2.63 bits per heavy atom. The van der Waals surface area contributed by atoms with Crippen molar-refractivity contribution in [2.75, 3.05) is 12.4 Å². The second-order valence-corrected chi connectivity index (χ2v) is 8.89. The van der Waals surface area contributed by atoms with Gasteiger partial charge in [-0.25, -0.2) is 0 Å². The Kier molecular flexibility index (Phi) is 6.11. The van der Waals surface area contributed by atoms with Crippen molar-refractivity contribution >= 4 is 17.5 Å². The Hall–Kier alpha value is -2.38. The Bertz CT molecular complexity index is 1050. The summed E-state index contributed by atoms with van der Waals surface area (Å²) in [4.78, 5) is 13.0. The van der Waals surface area contributed by atoms with E-state index in [-0.39, 0.29) is 11.9 Å². The zero-order valence-corrected chi connectivity index (χ0v) is 18.8. The minimum absolute atomic E-state index is 0.114. The number of aryl methyl sites for hydroxylation is 3. The molecule has 6 nitrogen and oxygen atoms in total. The molecule has 1 atom stereocenters. The fourth-order valence-electron chi connectivity index (χ4n) is 3.99. The summed E-state index contributed by atoms with van der Waals surface area (Å²) in [5, 5.41) is 9.25. The van der Waals surface area contributed by atoms with Crippen molar-refractivity contribution in [3.63, 3.8) is 0 Å². The highest BCUT2D eigenvalue weighted by atomic mass is 32.2. The predicted molar refractivity (Wildman–Crippen MR) is 119 cm³/mol. The van der Waals surface area contributed by atoms with Crippen molar-refractivity contribution in [1.29, 1.82) is 0 Å². The zero-order valence-electron chi connectivity index (χ0n) is 18.0. The predicted octanol–water partition coefficient (Wildman–Crippen LogP) is 4.46. The first-order valence-electron chi connectivity index (χ1n) is 10.4. The summed E-state index contributed by atoms with van der Waals surface area (Å²) < 4.78 is 9.99. The Morgan fingerprint density at radius 1 is 1.17 bits per heavy atom. The molecule has 30 heavy (non-hydrogen) atoms. The molecule has 0 unspecified atom stereocenters. The lowest BCUT2D eigenvalue weighted by molar-refractivity contribution is 0.0957. The second-order valence-electron chi connectivity index (χ2n) is 7.94. The van der Waals surface area contributed by atoms with Crippen LogP contribution in [0.15, 0.2) is 35.5 Å². The first-order valence-corrected chi connectivity index (χ1v) is 11.4. The lowest BCUT2D eigenvalue weighted by atomic mass is 10.2. The van der Waals surface area contributed by atoms with E-state index in [0.717, 1.165) is 59.6 Å². The van der Waals surface area contributed by atoms with Crippen LogP contribution in [0.4, 0.5) is 0 Å². The number of aromatic nitrogens is 4. The van der Waals surface area contributed by atoms with Gasteiger partial charge in [-0.2, -0.15) is 0 Å². The number of nitrogens with zero attached hydrogens (tertiary/aromatic N) is 4. The van der Waals surface area contributed by atoms with Crippen LogP contribution < -0.4 is 0 Å². The van der Waals surface area contributed by atoms with Crippen LogP contribution in [0.1, 0.15) is 46.0 Å². The van der Waals surface area contributed by atoms with Gasteiger partial charge in [-0.3, -0.25) is 9.36 Å². The van der Waals surface area contributed by atoms with Crippen LogP contribution in [0.3, 0.4) is 0 Å². The molecular formula is C23H28N4O2S. The van der Waals surface area contributed by atoms with E-state index in [1.807, 2.05) is 24.5 Å². The quantitative estimate of drug-likeness (QED) is 0.414. The smallest absolute Gasteiger partial charge is 0.196 e. The molecule has 0 spiro atoms. The lowest BCUT2D eigenvalue weighted by Gasteiger charge is -2.14. The van der Waals surface area contributed by atoms with Gasteiger partial charge >= 0.3 is 0 Å². The topological polar surface area (TPSA) is 61.9 Å². The monoisotopic (exact) mass is 424 g/mol. The van der Waals surface area contributed by atoms with Crippen molar-refractivity contribution in [3.05, 3.63) is 58.7 Å². The highest BCUT2D eigenvalue weighted by Crippen LogP contribution is 2.25. The third kappa shape index (κ3) is 4.23. The molecule has 7 heteroatoms. The largest absolute Gasteiger partial charge is 0.376 e. The second kappa shape index (κ2) is 8.78. The molecule has 1 aliphatic heterocycles. The van der Waals surface area contributed by atoms with Crippen LogP contribution in [0.5, 0.6) is 0 Å². The highest BCUT2D eigenvalue weighted by Gasteiger charge is 2.22. The summed E-state index contributed by atoms with van der Waals surface area (Å²) in [6, 6.07) is 10.2. The summed E-state index contributed by atoms with van der Waals surface area (Å²) in [7, 11) is 0. The summed E-state index contributed by atoms with van der Waals surface area (Å²) >= 11 is 1.43. The number of hydrogen-bond acceptors (Lipinski definition) is 5. The minimum Gasteiger partial charge on any atom is -0.376 e. The summed E-state index contributed by atoms with van der Waals surface area (Å²) in [6.45, 7) is 9.73. The molecule has 0 aliphatic carbocycles. The fourth-order valence-corrected chi connectivity index (χ4v) is 4.87. The van der Waals surface area contributed by atoms with Crippen molar-refractivity contribution in [2.45, 2.75) is 58.3 Å². The molecule has 3 heterocycles. The van der Waals surface area contributed by atoms with E-state index >= 15 is 0 Å². The average Bonchev–Trinajstić information content (AvgIpc) is 3.44. The summed E-state index contributed by atoms with van der Waals surface area (Å²) in [6.07, 6.45) is 2.46. The number of ether oxygens (including phenoxy) is 1. The number of carbonyl (C=O) groups is 1. The van der Waals surface area contributed by atoms with Gasteiger partial charge in [-0.1, -0.05) is 29.5 Å². The third-order valence-electron chi connectivity index (χ3n) is 5.70. The average molecular weight is 425 g/mol. The normalized spacial score (nSPS) is 16.3. The molecule has 3 aromatic rings. The number of benzene rings is 1. The first-order chi connectivity index (χ1) is 14.4. The Balaban J connectivity index is 1.49. The highest BCUT2D eigenvalue weighted by molar-refractivity contribution is 7.99. The molecular weight excluding hydrogens is 396 g/mol. The SMILES string of the molecule is Cc1ccc(-n2c(C)nnc2SCC(=O)c2cc(C)n(C[C@H]3CCCO3)c2C)cc1. The molecule has 0 saturated carbocycles. The number of Topliss-reactive ketones (excluding diaryl/α,β-unsaturated/α-hetero) is 1. The van der Waals surface area contributed by atoms with Crippen molar-refractivity contribution < 1.29 is 9.53 Å². The van der Waals surface area contributed by atoms with Gasteiger partial charge in [0.25, 0.3) is 0 Å². The van der Waals surface area contributed by atoms with Crippen molar-refractivity contribution in [3.8, 4) is 5.69 Å². The molecule has 0 bridgehead atoms. The van der Waals surface area contributed by atoms with E-state index in [1.165, 1.54) is 17.3 Å². The minimum atomic E-state index is 0.114. The van der Waals surface area contributed by atoms with Crippen LogP contribution in [0.2, 0.25) is 0 Å². The van der Waals surface area contributed by atoms with Crippen LogP contribution in [0, 0.1) is 27.7 Å². The molecule has 1 saturated heterocycles. The van der Waals surface area contributed by atoms with Crippen molar-refractivity contribution in [1.82, 2.24) is 19.3 Å². The Labute approximate surface area is 181 Å². The standard InChI is InChI=1S/C23H28N4O2S/c1-15-7-9-19(10-8-15)27-18(4)24-25-23(27)30-14-22(28)21-12-16(2)26(17(21)3)13-20-6-5-11-29-20/h7-10,12,20H,5-6,11,13-14H2,1-4H3/t20-/m1/s1. The molecule has 158 valence electrons. The van der Waals surface area contributed by atoms with E-state index in [9.17, 15) is 4.79 Å². The number of rotatable bonds is 7. The molecule has 0 amide bonds. The maximum Gasteiger partial charge on any atom is 0.196 e. The summed E-state index contributed by atoms with van der Waals surface area (Å²) in [5.74, 6) is 1.25. The third-order valence-corrected chi connectivity index (χ3v) is 6.63. The fraction of sp³-hybridized carbons (Fsp3) is 0.435. The zero-order chi connectivity index (χ0) is 21.3. The molecule has 0 N–H and O–H groups in total. The molecule has 1 fully saturated rings. The van der Waals surface area contributed by atoms with Gasteiger partial charge in [0.05, 0.1) is 11.9 Å². The van der Waals surface area contributed by atoms with E-state index in [0.29, 0.717) is 5.75 Å². The van der Waals surface area contributed by atoms with Crippen LogP contribution in [-0.4, -0.2) is 43.6 Å². The van der Waals surface area contributed by atoms with Gasteiger partial charge in [0.2, 0.25) is 0 Å². The van der Waals surface area contributed by atoms with Gasteiger partial charge in [0, 0.05) is 35.8 Å². The number of ketones is 1. The maximum atomic E-state index is 13.0. The van der Waals surface area contributed by atoms with Gasteiger partial charge in [-0.05, 0) is 58.7 Å². The molecule has 4 rings (SSSR count). The van der Waals surface area contributed by atoms with Gasteiger partial charge < -0.3 is 9.30 Å². The van der Waals surface area contributed by atoms with E-state index in [4.69, 9.17) is 4.74 Å². The number of hydrogen-bond donors (Lipinski definition) is 0. The number of thioether (sulfide) groups is 1. The molecule has 1 aromatic carbocycles. The maximum absolute atomic E-state index is 13.0. The van der Waals surface area contributed by atoms with Crippen LogP contribution in [-0.2, 0) is 11.3 Å². The van der Waals surface area contributed by atoms with Crippen molar-refractivity contribution in [2.24, 2.45) is 0 Å². The van der Waals surface area contributed by atoms with Crippen LogP contribution in [0.25, 0.3) is 5.69 Å². The van der Waals surface area contributed by atoms with Gasteiger partial charge in [0.15, 0.2) is 10.9 Å². The first kappa shape index (κ1) is 20.9. The Morgan fingerprint density at radius 2 is 1.93 bits per heavy atom. The van der Waals surface area contributed by atoms with E-state index in [1.54, 1.807) is 0 Å². The van der Waals surface area contributed by atoms with Gasteiger partial charge in [0.1, 0.15) is 5.82 Å². The molecule has 2 aromatic heterocycles.